The van der Waals surface area contributed by atoms with Gasteiger partial charge in [-0.3, -0.25) is 9.36 Å². The SMILES string of the molecule is C=CCn1c(COc2ccc(C)cc2)nnc1SCC(=O)Nc1ccc(F)c(F)c1. The van der Waals surface area contributed by atoms with Gasteiger partial charge in [0.2, 0.25) is 5.91 Å². The van der Waals surface area contributed by atoms with E-state index >= 15 is 0 Å². The summed E-state index contributed by atoms with van der Waals surface area (Å²) in [6.45, 7) is 6.40. The van der Waals surface area contributed by atoms with E-state index in [1.54, 1.807) is 10.6 Å². The molecule has 0 atom stereocenters. The van der Waals surface area contributed by atoms with E-state index in [9.17, 15) is 13.6 Å². The quantitative estimate of drug-likeness (QED) is 0.404. The summed E-state index contributed by atoms with van der Waals surface area (Å²) in [6.07, 6.45) is 1.70. The molecule has 9 heteroatoms. The largest absolute Gasteiger partial charge is 0.486 e. The van der Waals surface area contributed by atoms with Crippen molar-refractivity contribution in [1.29, 1.82) is 0 Å². The lowest BCUT2D eigenvalue weighted by Crippen LogP contribution is -2.15. The average molecular weight is 430 g/mol. The van der Waals surface area contributed by atoms with Crippen molar-refractivity contribution in [2.45, 2.75) is 25.2 Å². The van der Waals surface area contributed by atoms with Crippen LogP contribution in [-0.4, -0.2) is 26.4 Å². The maximum Gasteiger partial charge on any atom is 0.234 e. The van der Waals surface area contributed by atoms with Crippen LogP contribution in [0.3, 0.4) is 0 Å². The molecule has 1 heterocycles. The van der Waals surface area contributed by atoms with Crippen molar-refractivity contribution < 1.29 is 18.3 Å². The molecule has 3 rings (SSSR count). The van der Waals surface area contributed by atoms with Gasteiger partial charge in [0.05, 0.1) is 5.75 Å². The van der Waals surface area contributed by atoms with Crippen LogP contribution < -0.4 is 10.1 Å². The van der Waals surface area contributed by atoms with Gasteiger partial charge in [-0.15, -0.1) is 16.8 Å². The number of anilines is 1. The molecule has 30 heavy (non-hydrogen) atoms. The summed E-state index contributed by atoms with van der Waals surface area (Å²) in [7, 11) is 0. The molecule has 2 aromatic carbocycles. The normalized spacial score (nSPS) is 10.6. The zero-order valence-corrected chi connectivity index (χ0v) is 17.1. The minimum atomic E-state index is -1.02. The van der Waals surface area contributed by atoms with Crippen LogP contribution in [-0.2, 0) is 17.9 Å². The number of carbonyl (C=O) groups excluding carboxylic acids is 1. The molecule has 0 aliphatic rings. The number of hydrogen-bond acceptors (Lipinski definition) is 5. The molecule has 0 saturated heterocycles. The van der Waals surface area contributed by atoms with E-state index < -0.39 is 11.6 Å². The lowest BCUT2D eigenvalue weighted by atomic mass is 10.2. The summed E-state index contributed by atoms with van der Waals surface area (Å²) >= 11 is 1.17. The fourth-order valence-electron chi connectivity index (χ4n) is 2.53. The molecule has 156 valence electrons. The standard InChI is InChI=1S/C21H20F2N4O2S/c1-3-10-27-19(12-29-16-7-4-14(2)5-8-16)25-26-21(27)30-13-20(28)24-15-6-9-17(22)18(23)11-15/h3-9,11H,1,10,12-13H2,2H3,(H,24,28). The Kier molecular flexibility index (Phi) is 7.18. The van der Waals surface area contributed by atoms with E-state index in [1.165, 1.54) is 17.8 Å². The Morgan fingerprint density at radius 2 is 1.97 bits per heavy atom. The molecular formula is C21H20F2N4O2S. The molecule has 0 saturated carbocycles. The van der Waals surface area contributed by atoms with Crippen molar-refractivity contribution in [3.8, 4) is 5.75 Å². The van der Waals surface area contributed by atoms with Crippen molar-refractivity contribution in [3.63, 3.8) is 0 Å². The van der Waals surface area contributed by atoms with Gasteiger partial charge in [-0.2, -0.15) is 0 Å². The zero-order valence-electron chi connectivity index (χ0n) is 16.3. The van der Waals surface area contributed by atoms with E-state index in [1.807, 2.05) is 31.2 Å². The van der Waals surface area contributed by atoms with Crippen LogP contribution >= 0.6 is 11.8 Å². The second-order valence-corrected chi connectivity index (χ2v) is 7.31. The van der Waals surface area contributed by atoms with Gasteiger partial charge in [-0.25, -0.2) is 8.78 Å². The molecule has 0 aliphatic carbocycles. The number of hydrogen-bond donors (Lipinski definition) is 1. The number of ether oxygens (including phenoxy) is 1. The zero-order chi connectivity index (χ0) is 21.5. The number of nitrogens with one attached hydrogen (secondary N) is 1. The van der Waals surface area contributed by atoms with Crippen LogP contribution in [0.2, 0.25) is 0 Å². The third-order valence-electron chi connectivity index (χ3n) is 4.03. The number of nitrogens with zero attached hydrogens (tertiary/aromatic N) is 3. The van der Waals surface area contributed by atoms with Gasteiger partial charge in [-0.05, 0) is 31.2 Å². The predicted octanol–water partition coefficient (Wildman–Crippen LogP) is 4.36. The first-order chi connectivity index (χ1) is 14.5. The molecule has 0 fully saturated rings. The summed E-state index contributed by atoms with van der Waals surface area (Å²) in [5.74, 6) is -1.04. The van der Waals surface area contributed by atoms with Gasteiger partial charge < -0.3 is 10.1 Å². The van der Waals surface area contributed by atoms with E-state index in [-0.39, 0.29) is 24.0 Å². The summed E-state index contributed by atoms with van der Waals surface area (Å²) < 4.78 is 33.8. The topological polar surface area (TPSA) is 69.0 Å². The highest BCUT2D eigenvalue weighted by molar-refractivity contribution is 7.99. The van der Waals surface area contributed by atoms with Crippen LogP contribution in [0.4, 0.5) is 14.5 Å². The number of benzene rings is 2. The van der Waals surface area contributed by atoms with Gasteiger partial charge in [0.1, 0.15) is 12.4 Å². The molecule has 0 aliphatic heterocycles. The molecule has 1 amide bonds. The van der Waals surface area contributed by atoms with Crippen molar-refractivity contribution >= 4 is 23.4 Å². The van der Waals surface area contributed by atoms with Crippen LogP contribution in [0.5, 0.6) is 5.75 Å². The fourth-order valence-corrected chi connectivity index (χ4v) is 3.30. The minimum absolute atomic E-state index is 0.0209. The molecule has 3 aromatic rings. The Labute approximate surface area is 177 Å². The minimum Gasteiger partial charge on any atom is -0.486 e. The monoisotopic (exact) mass is 430 g/mol. The number of thioether (sulfide) groups is 1. The number of aromatic nitrogens is 3. The number of amides is 1. The summed E-state index contributed by atoms with van der Waals surface area (Å²) in [4.78, 5) is 12.1. The van der Waals surface area contributed by atoms with Crippen LogP contribution in [0.15, 0.2) is 60.3 Å². The molecule has 0 radical (unpaired) electrons. The van der Waals surface area contributed by atoms with Gasteiger partial charge in [0, 0.05) is 18.3 Å². The number of rotatable bonds is 9. The number of aryl methyl sites for hydroxylation is 1. The van der Waals surface area contributed by atoms with Crippen molar-refractivity contribution in [2.75, 3.05) is 11.1 Å². The van der Waals surface area contributed by atoms with Crippen molar-refractivity contribution in [1.82, 2.24) is 14.8 Å². The highest BCUT2D eigenvalue weighted by atomic mass is 32.2. The first kappa shape index (κ1) is 21.5. The first-order valence-electron chi connectivity index (χ1n) is 9.06. The molecule has 0 unspecified atom stereocenters. The Hall–Kier alpha value is -3.20. The number of allylic oxidation sites excluding steroid dienone is 1. The lowest BCUT2D eigenvalue weighted by molar-refractivity contribution is -0.113. The fraction of sp³-hybridized carbons (Fsp3) is 0.190. The smallest absolute Gasteiger partial charge is 0.234 e. The van der Waals surface area contributed by atoms with Gasteiger partial charge in [0.15, 0.2) is 22.6 Å². The highest BCUT2D eigenvalue weighted by Crippen LogP contribution is 2.20. The molecule has 1 aromatic heterocycles. The van der Waals surface area contributed by atoms with Crippen molar-refractivity contribution in [2.24, 2.45) is 0 Å². The Bertz CT molecular complexity index is 1040. The summed E-state index contributed by atoms with van der Waals surface area (Å²) in [5, 5.41) is 11.3. The number of halogens is 2. The van der Waals surface area contributed by atoms with E-state index in [2.05, 4.69) is 22.1 Å². The second kappa shape index (κ2) is 10.0. The molecular weight excluding hydrogens is 410 g/mol. The maximum atomic E-state index is 13.3. The summed E-state index contributed by atoms with van der Waals surface area (Å²) in [6, 6.07) is 10.8. The van der Waals surface area contributed by atoms with E-state index in [0.29, 0.717) is 23.3 Å². The van der Waals surface area contributed by atoms with Crippen LogP contribution in [0, 0.1) is 18.6 Å². The Morgan fingerprint density at radius 3 is 2.67 bits per heavy atom. The predicted molar refractivity (Wildman–Crippen MR) is 111 cm³/mol. The van der Waals surface area contributed by atoms with E-state index in [4.69, 9.17) is 4.74 Å². The lowest BCUT2D eigenvalue weighted by Gasteiger charge is -2.09. The van der Waals surface area contributed by atoms with Crippen molar-refractivity contribution in [3.05, 3.63) is 78.1 Å². The molecule has 1 N–H and O–H groups in total. The van der Waals surface area contributed by atoms with Gasteiger partial charge in [0.25, 0.3) is 0 Å². The van der Waals surface area contributed by atoms with Crippen LogP contribution in [0.25, 0.3) is 0 Å². The average Bonchev–Trinajstić information content (AvgIpc) is 3.11. The maximum absolute atomic E-state index is 13.3. The number of carbonyl (C=O) groups is 1. The van der Waals surface area contributed by atoms with Crippen LogP contribution in [0.1, 0.15) is 11.4 Å². The highest BCUT2D eigenvalue weighted by Gasteiger charge is 2.14. The van der Waals surface area contributed by atoms with E-state index in [0.717, 1.165) is 17.7 Å². The van der Waals surface area contributed by atoms with Gasteiger partial charge in [-0.1, -0.05) is 35.5 Å². The molecule has 0 bridgehead atoms. The first-order valence-corrected chi connectivity index (χ1v) is 10.0. The van der Waals surface area contributed by atoms with Gasteiger partial charge >= 0.3 is 0 Å². The molecule has 0 spiro atoms. The Balaban J connectivity index is 1.60. The Morgan fingerprint density at radius 1 is 1.20 bits per heavy atom. The third-order valence-corrected chi connectivity index (χ3v) is 5.00. The molecule has 6 nitrogen and oxygen atoms in total. The summed E-state index contributed by atoms with van der Waals surface area (Å²) in [5.41, 5.74) is 1.32. The third kappa shape index (κ3) is 5.66. The second-order valence-electron chi connectivity index (χ2n) is 6.37.